The molecule has 3 fully saturated rings. The zero-order valence-corrected chi connectivity index (χ0v) is 16.3. The summed E-state index contributed by atoms with van der Waals surface area (Å²) in [7, 11) is 0. The lowest BCUT2D eigenvalue weighted by molar-refractivity contribution is -0.0728. The number of ether oxygens (including phenoxy) is 3. The molecule has 0 aliphatic carbocycles. The molecule has 0 spiro atoms. The lowest BCUT2D eigenvalue weighted by Gasteiger charge is -2.44. The average Bonchev–Trinajstić information content (AvgIpc) is 3.21. The maximum absolute atomic E-state index is 12.7. The van der Waals surface area contributed by atoms with Crippen LogP contribution in [0.15, 0.2) is 24.3 Å². The molecule has 3 aliphatic heterocycles. The van der Waals surface area contributed by atoms with Crippen molar-refractivity contribution in [2.75, 3.05) is 13.2 Å². The van der Waals surface area contributed by atoms with E-state index >= 15 is 0 Å². The van der Waals surface area contributed by atoms with Gasteiger partial charge in [0.05, 0.1) is 18.8 Å². The largest absolute Gasteiger partial charge is 0.444 e. The first kappa shape index (κ1) is 18.7. The molecule has 3 aliphatic rings. The minimum Gasteiger partial charge on any atom is -0.444 e. The van der Waals surface area contributed by atoms with Crippen LogP contribution in [-0.4, -0.2) is 47.0 Å². The maximum atomic E-state index is 12.7. The fourth-order valence-corrected chi connectivity index (χ4v) is 4.72. The maximum Gasteiger partial charge on any atom is 0.410 e. The van der Waals surface area contributed by atoms with Gasteiger partial charge in [-0.1, -0.05) is 24.3 Å². The third kappa shape index (κ3) is 3.58. The molecule has 3 saturated heterocycles. The van der Waals surface area contributed by atoms with Gasteiger partial charge in [-0.15, -0.1) is 0 Å². The van der Waals surface area contributed by atoms with Crippen molar-refractivity contribution in [3.8, 4) is 0 Å². The molecule has 0 saturated carbocycles. The van der Waals surface area contributed by atoms with Crippen molar-refractivity contribution < 1.29 is 24.1 Å². The van der Waals surface area contributed by atoms with Crippen molar-refractivity contribution in [2.45, 2.75) is 76.0 Å². The number of carbonyl (C=O) groups is 1. The molecule has 2 unspecified atom stereocenters. The Morgan fingerprint density at radius 2 is 1.74 bits per heavy atom. The van der Waals surface area contributed by atoms with Crippen molar-refractivity contribution in [1.82, 2.24) is 4.90 Å². The molecule has 0 radical (unpaired) electrons. The first-order valence-electron chi connectivity index (χ1n) is 9.83. The third-order valence-corrected chi connectivity index (χ3v) is 5.71. The third-order valence-electron chi connectivity index (χ3n) is 5.71. The molecule has 1 aromatic carbocycles. The number of hydrogen-bond donors (Lipinski definition) is 1. The van der Waals surface area contributed by atoms with E-state index in [0.29, 0.717) is 26.1 Å². The van der Waals surface area contributed by atoms with Crippen LogP contribution in [0, 0.1) is 0 Å². The number of benzene rings is 1. The van der Waals surface area contributed by atoms with Gasteiger partial charge >= 0.3 is 6.09 Å². The van der Waals surface area contributed by atoms with Crippen LogP contribution < -0.4 is 0 Å². The highest BCUT2D eigenvalue weighted by molar-refractivity contribution is 5.70. The topological polar surface area (TPSA) is 68.2 Å². The molecule has 27 heavy (non-hydrogen) atoms. The van der Waals surface area contributed by atoms with Crippen molar-refractivity contribution in [2.24, 2.45) is 0 Å². The zero-order chi connectivity index (χ0) is 19.2. The number of amides is 1. The van der Waals surface area contributed by atoms with Crippen LogP contribution in [0.5, 0.6) is 0 Å². The molecule has 1 N–H and O–H groups in total. The molecule has 0 aromatic heterocycles. The van der Waals surface area contributed by atoms with Crippen LogP contribution in [0.2, 0.25) is 0 Å². The molecular formula is C21H29NO5. The number of piperidine rings is 1. The van der Waals surface area contributed by atoms with E-state index in [1.807, 2.05) is 49.9 Å². The Kier molecular flexibility index (Phi) is 4.69. The van der Waals surface area contributed by atoms with Crippen molar-refractivity contribution in [3.05, 3.63) is 35.4 Å². The summed E-state index contributed by atoms with van der Waals surface area (Å²) >= 11 is 0. The fraction of sp³-hybridized carbons (Fsp3) is 0.667. The highest BCUT2D eigenvalue weighted by Gasteiger charge is 2.52. The molecule has 3 heterocycles. The van der Waals surface area contributed by atoms with Gasteiger partial charge in [-0.3, -0.25) is 0 Å². The molecule has 2 bridgehead atoms. The minimum atomic E-state index is -0.990. The molecule has 6 nitrogen and oxygen atoms in total. The van der Waals surface area contributed by atoms with Gasteiger partial charge in [-0.05, 0) is 39.2 Å². The fourth-order valence-electron chi connectivity index (χ4n) is 4.72. The SMILES string of the molecule is CC(C)(C)OC(=O)N1C2CCC1CC(O)(c1ccccc1C1OCCO1)C2. The second-order valence-corrected chi connectivity index (χ2v) is 8.87. The van der Waals surface area contributed by atoms with Gasteiger partial charge in [-0.25, -0.2) is 4.79 Å². The van der Waals surface area contributed by atoms with E-state index in [1.165, 1.54) is 0 Å². The lowest BCUT2D eigenvalue weighted by atomic mass is 9.78. The summed E-state index contributed by atoms with van der Waals surface area (Å²) in [5.74, 6) is 0. The van der Waals surface area contributed by atoms with Crippen LogP contribution in [0.25, 0.3) is 0 Å². The Morgan fingerprint density at radius 3 is 2.33 bits per heavy atom. The second-order valence-electron chi connectivity index (χ2n) is 8.87. The summed E-state index contributed by atoms with van der Waals surface area (Å²) in [5.41, 5.74) is 0.241. The first-order valence-corrected chi connectivity index (χ1v) is 9.83. The van der Waals surface area contributed by atoms with Crippen LogP contribution in [0.3, 0.4) is 0 Å². The molecule has 6 heteroatoms. The number of aliphatic hydroxyl groups is 1. The zero-order valence-electron chi connectivity index (χ0n) is 16.3. The van der Waals surface area contributed by atoms with Gasteiger partial charge in [0, 0.05) is 30.5 Å². The molecule has 148 valence electrons. The summed E-state index contributed by atoms with van der Waals surface area (Å²) in [6.45, 7) is 6.77. The first-order chi connectivity index (χ1) is 12.8. The Morgan fingerprint density at radius 1 is 1.15 bits per heavy atom. The summed E-state index contributed by atoms with van der Waals surface area (Å²) in [6, 6.07) is 7.78. The molecule has 1 aromatic rings. The molecular weight excluding hydrogens is 346 g/mol. The highest BCUT2D eigenvalue weighted by atomic mass is 16.7. The highest BCUT2D eigenvalue weighted by Crippen LogP contribution is 2.48. The quantitative estimate of drug-likeness (QED) is 0.857. The van der Waals surface area contributed by atoms with E-state index in [-0.39, 0.29) is 18.2 Å². The van der Waals surface area contributed by atoms with E-state index in [2.05, 4.69) is 0 Å². The van der Waals surface area contributed by atoms with Gasteiger partial charge in [0.25, 0.3) is 0 Å². The number of fused-ring (bicyclic) bond motifs is 2. The Labute approximate surface area is 160 Å². The van der Waals surface area contributed by atoms with Crippen LogP contribution in [-0.2, 0) is 19.8 Å². The second kappa shape index (κ2) is 6.76. The smallest absolute Gasteiger partial charge is 0.410 e. The predicted octanol–water partition coefficient (Wildman–Crippen LogP) is 3.48. The summed E-state index contributed by atoms with van der Waals surface area (Å²) < 4.78 is 17.0. The number of rotatable bonds is 2. The van der Waals surface area contributed by atoms with Gasteiger partial charge in [0.2, 0.25) is 0 Å². The van der Waals surface area contributed by atoms with Crippen LogP contribution in [0.1, 0.15) is 63.9 Å². The van der Waals surface area contributed by atoms with Gasteiger partial charge < -0.3 is 24.2 Å². The molecule has 1 amide bonds. The van der Waals surface area contributed by atoms with Gasteiger partial charge in [0.1, 0.15) is 5.60 Å². The number of nitrogens with zero attached hydrogens (tertiary/aromatic N) is 1. The summed E-state index contributed by atoms with van der Waals surface area (Å²) in [6.07, 6.45) is 2.11. The Balaban J connectivity index is 1.58. The Hall–Kier alpha value is -1.63. The number of carbonyl (C=O) groups excluding carboxylic acids is 1. The molecule has 2 atom stereocenters. The monoisotopic (exact) mass is 375 g/mol. The lowest BCUT2D eigenvalue weighted by Crippen LogP contribution is -2.53. The predicted molar refractivity (Wildman–Crippen MR) is 99.1 cm³/mol. The number of hydrogen-bond acceptors (Lipinski definition) is 5. The molecule has 4 rings (SSSR count). The van der Waals surface area contributed by atoms with Crippen LogP contribution in [0.4, 0.5) is 4.79 Å². The summed E-state index contributed by atoms with van der Waals surface area (Å²) in [5, 5.41) is 11.6. The standard InChI is InChI=1S/C21H29NO5/c1-20(2,3)27-19(23)22-14-8-9-15(22)13-21(24,12-14)17-7-5-4-6-16(17)18-25-10-11-26-18/h4-7,14-15,18,24H,8-13H2,1-3H3. The van der Waals surface area contributed by atoms with Gasteiger partial charge in [0.15, 0.2) is 6.29 Å². The van der Waals surface area contributed by atoms with E-state index in [9.17, 15) is 9.90 Å². The van der Waals surface area contributed by atoms with Gasteiger partial charge in [-0.2, -0.15) is 0 Å². The van der Waals surface area contributed by atoms with Crippen molar-refractivity contribution in [1.29, 1.82) is 0 Å². The Bertz CT molecular complexity index is 693. The van der Waals surface area contributed by atoms with E-state index in [0.717, 1.165) is 24.0 Å². The van der Waals surface area contributed by atoms with Crippen molar-refractivity contribution in [3.63, 3.8) is 0 Å². The van der Waals surface area contributed by atoms with E-state index < -0.39 is 17.5 Å². The minimum absolute atomic E-state index is 0.0120. The summed E-state index contributed by atoms with van der Waals surface area (Å²) in [4.78, 5) is 14.5. The van der Waals surface area contributed by atoms with Crippen LogP contribution >= 0.6 is 0 Å². The van der Waals surface area contributed by atoms with E-state index in [4.69, 9.17) is 14.2 Å². The van der Waals surface area contributed by atoms with E-state index in [1.54, 1.807) is 0 Å². The average molecular weight is 375 g/mol. The van der Waals surface area contributed by atoms with Crippen molar-refractivity contribution >= 4 is 6.09 Å². The normalized spacial score (nSPS) is 31.3.